The van der Waals surface area contributed by atoms with Gasteiger partial charge in [-0.3, -0.25) is 14.4 Å². The molecule has 1 N–H and O–H groups in total. The topological polar surface area (TPSA) is 125 Å². The fourth-order valence-electron chi connectivity index (χ4n) is 6.07. The molecule has 2 aromatic rings. The van der Waals surface area contributed by atoms with Gasteiger partial charge in [-0.25, -0.2) is 8.42 Å². The van der Waals surface area contributed by atoms with Crippen LogP contribution in [0.15, 0.2) is 59.0 Å². The van der Waals surface area contributed by atoms with Crippen molar-refractivity contribution in [3.8, 4) is 0 Å². The van der Waals surface area contributed by atoms with Crippen molar-refractivity contribution in [2.45, 2.75) is 49.5 Å². The molecule has 2 aromatic carbocycles. The van der Waals surface area contributed by atoms with Crippen LogP contribution in [0.2, 0.25) is 0 Å². The number of piperidine rings is 1. The summed E-state index contributed by atoms with van der Waals surface area (Å²) < 4.78 is 33.0. The maximum atomic E-state index is 14.4. The first-order valence-electron chi connectivity index (χ1n) is 14.0. The quantitative estimate of drug-likeness (QED) is 0.274. The predicted octanol–water partition coefficient (Wildman–Crippen LogP) is 3.23. The zero-order valence-electron chi connectivity index (χ0n) is 23.3. The zero-order valence-corrected chi connectivity index (χ0v) is 24.2. The van der Waals surface area contributed by atoms with E-state index in [-0.39, 0.29) is 29.2 Å². The molecule has 11 heteroatoms. The smallest absolute Gasteiger partial charge is 0.296 e. The number of methoxy groups -OCH3 is 1. The molecular formula is C30H35N3O7S. The normalized spacial score (nSPS) is 22.6. The van der Waals surface area contributed by atoms with Crippen LogP contribution >= 0.6 is 0 Å². The number of benzene rings is 2. The standard InChI is InChI=1S/C30H35N3O7S/c1-3-4-18-32-24-11-7-6-10-23(24)30(29(32)37)25(27(35)28(36)33(30)19-20-40-2)26(34)21-12-14-22(15-13-21)41(38,39)31-16-8-5-9-17-31/h6-7,10-15,34H,3-5,8-9,16-20H2,1-2H3/b26-25+. The van der Waals surface area contributed by atoms with Crippen molar-refractivity contribution in [1.82, 2.24) is 9.21 Å². The van der Waals surface area contributed by atoms with E-state index in [1.54, 1.807) is 29.2 Å². The Morgan fingerprint density at radius 3 is 2.32 bits per heavy atom. The fourth-order valence-corrected chi connectivity index (χ4v) is 7.59. The Balaban J connectivity index is 1.66. The maximum absolute atomic E-state index is 14.4. The van der Waals surface area contributed by atoms with Crippen molar-refractivity contribution >= 4 is 39.1 Å². The Morgan fingerprint density at radius 2 is 1.66 bits per heavy atom. The third kappa shape index (κ3) is 4.56. The lowest BCUT2D eigenvalue weighted by Gasteiger charge is -2.34. The first kappa shape index (κ1) is 29.0. The number of unbranched alkanes of at least 4 members (excludes halogenated alkanes) is 1. The number of fused-ring (bicyclic) bond motifs is 2. The molecule has 1 atom stereocenters. The van der Waals surface area contributed by atoms with Gasteiger partial charge in [0, 0.05) is 44.4 Å². The van der Waals surface area contributed by atoms with E-state index in [4.69, 9.17) is 4.74 Å². The average molecular weight is 582 g/mol. The first-order chi connectivity index (χ1) is 19.7. The van der Waals surface area contributed by atoms with Gasteiger partial charge in [0.1, 0.15) is 5.76 Å². The number of sulfonamides is 1. The highest BCUT2D eigenvalue weighted by Gasteiger charge is 2.66. The molecule has 41 heavy (non-hydrogen) atoms. The van der Waals surface area contributed by atoms with Crippen LogP contribution in [0.4, 0.5) is 5.69 Å². The Morgan fingerprint density at radius 1 is 0.976 bits per heavy atom. The lowest BCUT2D eigenvalue weighted by atomic mass is 9.82. The van der Waals surface area contributed by atoms with Crippen LogP contribution in [0.1, 0.15) is 50.2 Å². The number of likely N-dealkylation sites (tertiary alicyclic amines) is 1. The summed E-state index contributed by atoms with van der Waals surface area (Å²) in [5.74, 6) is -2.92. The molecule has 3 aliphatic heterocycles. The highest BCUT2D eigenvalue weighted by Crippen LogP contribution is 2.53. The molecule has 5 rings (SSSR count). The number of aliphatic hydroxyl groups is 1. The van der Waals surface area contributed by atoms with Gasteiger partial charge in [-0.2, -0.15) is 4.31 Å². The third-order valence-electron chi connectivity index (χ3n) is 8.14. The molecule has 0 aliphatic carbocycles. The summed E-state index contributed by atoms with van der Waals surface area (Å²) in [6.07, 6.45) is 4.11. The molecule has 0 saturated carbocycles. The number of nitrogens with zero attached hydrogens (tertiary/aromatic N) is 3. The average Bonchev–Trinajstić information content (AvgIpc) is 3.37. The van der Waals surface area contributed by atoms with Gasteiger partial charge in [0.05, 0.1) is 22.8 Å². The molecule has 0 radical (unpaired) electrons. The zero-order chi connectivity index (χ0) is 29.4. The molecule has 3 aliphatic rings. The van der Waals surface area contributed by atoms with Crippen LogP contribution in [0.25, 0.3) is 5.76 Å². The van der Waals surface area contributed by atoms with E-state index in [0.717, 1.165) is 25.7 Å². The van der Waals surface area contributed by atoms with Crippen LogP contribution in [-0.4, -0.2) is 80.2 Å². The first-order valence-corrected chi connectivity index (χ1v) is 15.5. The molecule has 0 aromatic heterocycles. The second-order valence-corrected chi connectivity index (χ2v) is 12.5. The number of hydrogen-bond acceptors (Lipinski definition) is 7. The van der Waals surface area contributed by atoms with Crippen LogP contribution in [0.3, 0.4) is 0 Å². The molecule has 10 nitrogen and oxygen atoms in total. The minimum atomic E-state index is -3.72. The molecule has 2 fully saturated rings. The highest BCUT2D eigenvalue weighted by molar-refractivity contribution is 7.89. The van der Waals surface area contributed by atoms with Gasteiger partial charge < -0.3 is 19.6 Å². The Bertz CT molecular complexity index is 1500. The second-order valence-electron chi connectivity index (χ2n) is 10.5. The van der Waals surface area contributed by atoms with E-state index < -0.39 is 38.9 Å². The number of anilines is 1. The van der Waals surface area contributed by atoms with Gasteiger partial charge in [-0.15, -0.1) is 0 Å². The van der Waals surface area contributed by atoms with Crippen molar-refractivity contribution in [3.05, 3.63) is 65.2 Å². The predicted molar refractivity (Wildman–Crippen MR) is 153 cm³/mol. The minimum Gasteiger partial charge on any atom is -0.507 e. The van der Waals surface area contributed by atoms with Crippen molar-refractivity contribution in [3.63, 3.8) is 0 Å². The van der Waals surface area contributed by atoms with Gasteiger partial charge in [0.25, 0.3) is 17.6 Å². The van der Waals surface area contributed by atoms with Crippen molar-refractivity contribution in [2.24, 2.45) is 0 Å². The van der Waals surface area contributed by atoms with Gasteiger partial charge in [-0.1, -0.05) is 38.0 Å². The molecule has 0 bridgehead atoms. The number of aliphatic hydroxyl groups excluding tert-OH is 1. The number of Topliss-reactive ketones (excluding diaryl/α,β-unsaturated/α-hetero) is 1. The van der Waals surface area contributed by atoms with E-state index in [2.05, 4.69) is 0 Å². The molecule has 1 unspecified atom stereocenters. The van der Waals surface area contributed by atoms with Crippen molar-refractivity contribution < 1.29 is 32.6 Å². The molecule has 3 heterocycles. The number of para-hydroxylation sites is 1. The molecule has 1 spiro atoms. The summed E-state index contributed by atoms with van der Waals surface area (Å²) >= 11 is 0. The van der Waals surface area contributed by atoms with Gasteiger partial charge in [-0.05, 0) is 49.6 Å². The number of hydrogen-bond donors (Lipinski definition) is 1. The fraction of sp³-hybridized carbons (Fsp3) is 0.433. The van der Waals surface area contributed by atoms with E-state index in [1.807, 2.05) is 6.92 Å². The SMILES string of the molecule is CCCCN1C(=O)C2(/C(=C(/O)c3ccc(S(=O)(=O)N4CCCCC4)cc3)C(=O)C(=O)N2CCOC)c2ccccc21. The van der Waals surface area contributed by atoms with E-state index >= 15 is 0 Å². The number of carbonyl (C=O) groups excluding carboxylic acids is 3. The maximum Gasteiger partial charge on any atom is 0.296 e. The van der Waals surface area contributed by atoms with Gasteiger partial charge in [0.2, 0.25) is 10.0 Å². The Labute approximate surface area is 240 Å². The molecular weight excluding hydrogens is 546 g/mol. The van der Waals surface area contributed by atoms with Gasteiger partial charge in [0.15, 0.2) is 5.54 Å². The van der Waals surface area contributed by atoms with E-state index in [0.29, 0.717) is 37.3 Å². The summed E-state index contributed by atoms with van der Waals surface area (Å²) in [4.78, 5) is 44.3. The monoisotopic (exact) mass is 581 g/mol. The summed E-state index contributed by atoms with van der Waals surface area (Å²) in [6, 6.07) is 12.6. The van der Waals surface area contributed by atoms with Crippen molar-refractivity contribution in [1.29, 1.82) is 0 Å². The third-order valence-corrected chi connectivity index (χ3v) is 10.1. The lowest BCUT2D eigenvalue weighted by Crippen LogP contribution is -2.52. The lowest BCUT2D eigenvalue weighted by molar-refractivity contribution is -0.144. The van der Waals surface area contributed by atoms with Crippen LogP contribution < -0.4 is 4.90 Å². The number of rotatable bonds is 9. The van der Waals surface area contributed by atoms with Crippen LogP contribution in [0.5, 0.6) is 0 Å². The Hall–Kier alpha value is -3.54. The second kappa shape index (κ2) is 11.4. The minimum absolute atomic E-state index is 0.0490. The van der Waals surface area contributed by atoms with E-state index in [9.17, 15) is 27.9 Å². The summed E-state index contributed by atoms with van der Waals surface area (Å²) in [5, 5.41) is 11.6. The summed E-state index contributed by atoms with van der Waals surface area (Å²) in [5.41, 5.74) is -1.07. The Kier molecular flexibility index (Phi) is 8.04. The largest absolute Gasteiger partial charge is 0.507 e. The van der Waals surface area contributed by atoms with Crippen molar-refractivity contribution in [2.75, 3.05) is 44.8 Å². The number of carbonyl (C=O) groups is 3. The van der Waals surface area contributed by atoms with E-state index in [1.165, 1.54) is 40.6 Å². The highest BCUT2D eigenvalue weighted by atomic mass is 32.2. The molecule has 218 valence electrons. The molecule has 2 saturated heterocycles. The number of ketones is 1. The summed E-state index contributed by atoms with van der Waals surface area (Å²) in [6.45, 7) is 3.31. The molecule has 2 amide bonds. The van der Waals surface area contributed by atoms with Crippen LogP contribution in [0, 0.1) is 0 Å². The summed E-state index contributed by atoms with van der Waals surface area (Å²) in [7, 11) is -2.26. The number of amides is 2. The van der Waals surface area contributed by atoms with Gasteiger partial charge >= 0.3 is 0 Å². The van der Waals surface area contributed by atoms with Crippen LogP contribution in [-0.2, 0) is 34.7 Å². The number of ether oxygens (including phenoxy) is 1.